The van der Waals surface area contributed by atoms with Gasteiger partial charge < -0.3 is 15.4 Å². The van der Waals surface area contributed by atoms with E-state index in [0.29, 0.717) is 13.2 Å². The summed E-state index contributed by atoms with van der Waals surface area (Å²) < 4.78 is 5.30. The highest BCUT2D eigenvalue weighted by atomic mass is 16.5. The van der Waals surface area contributed by atoms with E-state index in [9.17, 15) is 4.79 Å². The number of carbonyl (C=O) groups is 1. The molecule has 1 amide bonds. The molecule has 0 spiro atoms. The minimum absolute atomic E-state index is 0.0916. The largest absolute Gasteiger partial charge is 0.380 e. The lowest BCUT2D eigenvalue weighted by Gasteiger charge is -2.23. The maximum Gasteiger partial charge on any atom is 0.239 e. The van der Waals surface area contributed by atoms with Crippen LogP contribution in [0.15, 0.2) is 0 Å². The van der Waals surface area contributed by atoms with Crippen LogP contribution in [0.1, 0.15) is 32.6 Å². The monoisotopic (exact) mass is 214 g/mol. The molecule has 1 heterocycles. The second-order valence-electron chi connectivity index (χ2n) is 4.04. The van der Waals surface area contributed by atoms with E-state index in [-0.39, 0.29) is 11.9 Å². The Kier molecular flexibility index (Phi) is 5.65. The first kappa shape index (κ1) is 12.5. The fraction of sp³-hybridized carbons (Fsp3) is 0.909. The van der Waals surface area contributed by atoms with Crippen molar-refractivity contribution in [1.82, 2.24) is 4.90 Å². The highest BCUT2D eigenvalue weighted by molar-refractivity contribution is 5.81. The van der Waals surface area contributed by atoms with Crippen molar-refractivity contribution < 1.29 is 9.53 Å². The second kappa shape index (κ2) is 6.80. The van der Waals surface area contributed by atoms with E-state index in [1.807, 2.05) is 4.90 Å². The van der Waals surface area contributed by atoms with Crippen LogP contribution in [0, 0.1) is 0 Å². The van der Waals surface area contributed by atoms with Gasteiger partial charge in [0.25, 0.3) is 0 Å². The molecule has 1 atom stereocenters. The van der Waals surface area contributed by atoms with E-state index in [4.69, 9.17) is 10.5 Å². The molecule has 1 aliphatic heterocycles. The van der Waals surface area contributed by atoms with Gasteiger partial charge in [-0.2, -0.15) is 0 Å². The second-order valence-corrected chi connectivity index (χ2v) is 4.04. The molecule has 1 saturated heterocycles. The van der Waals surface area contributed by atoms with Gasteiger partial charge in [-0.05, 0) is 12.8 Å². The average Bonchev–Trinajstić information content (AvgIpc) is 2.53. The summed E-state index contributed by atoms with van der Waals surface area (Å²) in [5.41, 5.74) is 5.85. The third kappa shape index (κ3) is 4.18. The molecular weight excluding hydrogens is 192 g/mol. The number of nitrogens with two attached hydrogens (primary N) is 1. The third-order valence-corrected chi connectivity index (χ3v) is 2.72. The quantitative estimate of drug-likeness (QED) is 0.751. The summed E-state index contributed by atoms with van der Waals surface area (Å²) in [6, 6.07) is -0.317. The van der Waals surface area contributed by atoms with Gasteiger partial charge in [-0.15, -0.1) is 0 Å². The van der Waals surface area contributed by atoms with Crippen LogP contribution >= 0.6 is 0 Å². The van der Waals surface area contributed by atoms with Gasteiger partial charge in [0.1, 0.15) is 0 Å². The van der Waals surface area contributed by atoms with Gasteiger partial charge in [-0.3, -0.25) is 4.79 Å². The summed E-state index contributed by atoms with van der Waals surface area (Å²) in [6.45, 7) is 4.99. The minimum atomic E-state index is -0.317. The lowest BCUT2D eigenvalue weighted by molar-refractivity contribution is -0.132. The topological polar surface area (TPSA) is 55.6 Å². The Balaban J connectivity index is 2.35. The fourth-order valence-electron chi connectivity index (χ4n) is 1.75. The van der Waals surface area contributed by atoms with Gasteiger partial charge in [-0.1, -0.05) is 19.8 Å². The van der Waals surface area contributed by atoms with Gasteiger partial charge in [0.2, 0.25) is 5.91 Å². The number of carbonyl (C=O) groups excluding carboxylic acids is 1. The number of unbranched alkanes of at least 4 members (excludes halogenated alkanes) is 1. The Bertz CT molecular complexity index is 189. The van der Waals surface area contributed by atoms with Crippen molar-refractivity contribution in [1.29, 1.82) is 0 Å². The molecule has 2 N–H and O–H groups in total. The van der Waals surface area contributed by atoms with Crippen molar-refractivity contribution in [2.45, 2.75) is 38.6 Å². The van der Waals surface area contributed by atoms with Crippen LogP contribution in [-0.2, 0) is 9.53 Å². The van der Waals surface area contributed by atoms with E-state index in [1.54, 1.807) is 0 Å². The van der Waals surface area contributed by atoms with E-state index in [0.717, 1.165) is 38.8 Å². The molecule has 0 saturated carbocycles. The van der Waals surface area contributed by atoms with Crippen molar-refractivity contribution >= 4 is 5.91 Å². The average molecular weight is 214 g/mol. The zero-order chi connectivity index (χ0) is 11.1. The molecule has 0 bridgehead atoms. The molecule has 4 heteroatoms. The van der Waals surface area contributed by atoms with Gasteiger partial charge in [0.05, 0.1) is 12.6 Å². The zero-order valence-corrected chi connectivity index (χ0v) is 9.58. The number of rotatable bonds is 4. The van der Waals surface area contributed by atoms with Crippen molar-refractivity contribution in [2.24, 2.45) is 5.73 Å². The first-order chi connectivity index (χ1) is 7.25. The molecule has 0 aromatic carbocycles. The number of hydrogen-bond donors (Lipinski definition) is 1. The van der Waals surface area contributed by atoms with E-state index < -0.39 is 0 Å². The van der Waals surface area contributed by atoms with Crippen LogP contribution in [0.5, 0.6) is 0 Å². The Morgan fingerprint density at radius 1 is 1.47 bits per heavy atom. The van der Waals surface area contributed by atoms with Crippen LogP contribution in [0.25, 0.3) is 0 Å². The van der Waals surface area contributed by atoms with Crippen LogP contribution in [-0.4, -0.2) is 43.2 Å². The molecule has 1 unspecified atom stereocenters. The van der Waals surface area contributed by atoms with E-state index in [1.165, 1.54) is 0 Å². The Morgan fingerprint density at radius 3 is 3.00 bits per heavy atom. The molecule has 15 heavy (non-hydrogen) atoms. The Morgan fingerprint density at radius 2 is 2.27 bits per heavy atom. The smallest absolute Gasteiger partial charge is 0.239 e. The molecule has 1 fully saturated rings. The van der Waals surface area contributed by atoms with Gasteiger partial charge in [0, 0.05) is 19.7 Å². The molecule has 4 nitrogen and oxygen atoms in total. The molecule has 0 aromatic heterocycles. The first-order valence-corrected chi connectivity index (χ1v) is 5.87. The molecule has 1 aliphatic rings. The summed E-state index contributed by atoms with van der Waals surface area (Å²) in [5.74, 6) is 0.0916. The van der Waals surface area contributed by atoms with E-state index >= 15 is 0 Å². The normalized spacial score (nSPS) is 19.7. The summed E-state index contributed by atoms with van der Waals surface area (Å²) in [7, 11) is 0. The van der Waals surface area contributed by atoms with Crippen molar-refractivity contribution in [3.63, 3.8) is 0 Å². The zero-order valence-electron chi connectivity index (χ0n) is 9.58. The lowest BCUT2D eigenvalue weighted by atomic mass is 10.1. The van der Waals surface area contributed by atoms with E-state index in [2.05, 4.69) is 6.92 Å². The van der Waals surface area contributed by atoms with Crippen LogP contribution in [0.3, 0.4) is 0 Å². The van der Waals surface area contributed by atoms with Crippen LogP contribution in [0.4, 0.5) is 0 Å². The lowest BCUT2D eigenvalue weighted by Crippen LogP contribution is -2.44. The van der Waals surface area contributed by atoms with Gasteiger partial charge in [-0.25, -0.2) is 0 Å². The minimum Gasteiger partial charge on any atom is -0.380 e. The van der Waals surface area contributed by atoms with Crippen LogP contribution < -0.4 is 5.73 Å². The summed E-state index contributed by atoms with van der Waals surface area (Å²) in [5, 5.41) is 0. The fourth-order valence-corrected chi connectivity index (χ4v) is 1.75. The maximum atomic E-state index is 11.9. The number of nitrogens with zero attached hydrogens (tertiary/aromatic N) is 1. The summed E-state index contributed by atoms with van der Waals surface area (Å²) in [6.07, 6.45) is 3.83. The summed E-state index contributed by atoms with van der Waals surface area (Å²) >= 11 is 0. The highest BCUT2D eigenvalue weighted by Crippen LogP contribution is 2.05. The first-order valence-electron chi connectivity index (χ1n) is 5.87. The molecular formula is C11H22N2O2. The number of amides is 1. The molecule has 88 valence electrons. The van der Waals surface area contributed by atoms with Gasteiger partial charge >= 0.3 is 0 Å². The van der Waals surface area contributed by atoms with Crippen molar-refractivity contribution in [3.8, 4) is 0 Å². The molecule has 0 aliphatic carbocycles. The Hall–Kier alpha value is -0.610. The predicted octanol–water partition coefficient (Wildman–Crippen LogP) is 0.753. The molecule has 1 rings (SSSR count). The summed E-state index contributed by atoms with van der Waals surface area (Å²) in [4.78, 5) is 13.7. The molecule has 0 aromatic rings. The number of ether oxygens (including phenoxy) is 1. The number of hydrogen-bond acceptors (Lipinski definition) is 3. The van der Waals surface area contributed by atoms with Crippen molar-refractivity contribution in [3.05, 3.63) is 0 Å². The third-order valence-electron chi connectivity index (χ3n) is 2.72. The van der Waals surface area contributed by atoms with Gasteiger partial charge in [0.15, 0.2) is 0 Å². The molecule has 0 radical (unpaired) electrons. The highest BCUT2D eigenvalue weighted by Gasteiger charge is 2.21. The predicted molar refractivity (Wildman–Crippen MR) is 59.5 cm³/mol. The van der Waals surface area contributed by atoms with Crippen LogP contribution in [0.2, 0.25) is 0 Å². The maximum absolute atomic E-state index is 11.9. The van der Waals surface area contributed by atoms with Crippen molar-refractivity contribution in [2.75, 3.05) is 26.3 Å². The standard InChI is InChI=1S/C11H22N2O2/c1-2-3-5-10(12)11(14)13-6-4-8-15-9-7-13/h10H,2-9,12H2,1H3. The SMILES string of the molecule is CCCCC(N)C(=O)N1CCCOCC1. The Labute approximate surface area is 91.8 Å².